The summed E-state index contributed by atoms with van der Waals surface area (Å²) in [6, 6.07) is 14.2. The topological polar surface area (TPSA) is 25.2 Å². The highest BCUT2D eigenvalue weighted by Crippen LogP contribution is 2.28. The van der Waals surface area contributed by atoms with Gasteiger partial charge < -0.3 is 4.57 Å². The first kappa shape index (κ1) is 13.1. The predicted molar refractivity (Wildman–Crippen MR) is 79.8 cm³/mol. The molecule has 0 spiro atoms. The molecule has 0 N–H and O–H groups in total. The lowest BCUT2D eigenvalue weighted by Gasteiger charge is -2.36. The Kier molecular flexibility index (Phi) is 3.70. The Bertz CT molecular complexity index is 588. The largest absolute Gasteiger partial charge is 0.349 e. The van der Waals surface area contributed by atoms with E-state index in [1.54, 1.807) is 0 Å². The minimum Gasteiger partial charge on any atom is -0.349 e. The first-order valence-corrected chi connectivity index (χ1v) is 7.27. The van der Waals surface area contributed by atoms with Gasteiger partial charge in [0.05, 0.1) is 12.6 Å². The zero-order valence-corrected chi connectivity index (χ0v) is 11.8. The number of ketones is 1. The summed E-state index contributed by atoms with van der Waals surface area (Å²) in [4.78, 5) is 14.7. The minimum atomic E-state index is 0.212. The molecule has 1 aliphatic heterocycles. The molecule has 0 saturated carbocycles. The first-order valence-electron chi connectivity index (χ1n) is 7.27. The molecule has 2 heterocycles. The molecule has 0 fully saturated rings. The Morgan fingerprint density at radius 1 is 1.15 bits per heavy atom. The molecular weight excluding hydrogens is 248 g/mol. The molecule has 3 nitrogen and oxygen atoms in total. The van der Waals surface area contributed by atoms with Crippen molar-refractivity contribution < 1.29 is 4.79 Å². The van der Waals surface area contributed by atoms with Crippen LogP contribution in [0.3, 0.4) is 0 Å². The number of benzene rings is 1. The van der Waals surface area contributed by atoms with Crippen LogP contribution in [0.4, 0.5) is 0 Å². The maximum atomic E-state index is 12.4. The Balaban J connectivity index is 1.76. The number of carbonyl (C=O) groups is 1. The van der Waals surface area contributed by atoms with E-state index in [1.165, 1.54) is 5.69 Å². The number of fused-ring (bicyclic) bond motifs is 1. The third-order valence-corrected chi connectivity index (χ3v) is 4.10. The van der Waals surface area contributed by atoms with Crippen LogP contribution in [0.15, 0.2) is 48.7 Å². The van der Waals surface area contributed by atoms with E-state index >= 15 is 0 Å². The van der Waals surface area contributed by atoms with E-state index in [2.05, 4.69) is 34.7 Å². The summed E-state index contributed by atoms with van der Waals surface area (Å²) in [5, 5.41) is 0. The lowest BCUT2D eigenvalue weighted by atomic mass is 10.0. The highest BCUT2D eigenvalue weighted by atomic mass is 16.1. The molecule has 0 amide bonds. The summed E-state index contributed by atoms with van der Waals surface area (Å²) in [5.41, 5.74) is 2.14. The Labute approximate surface area is 119 Å². The number of hydrogen-bond donors (Lipinski definition) is 0. The Morgan fingerprint density at radius 2 is 1.95 bits per heavy atom. The standard InChI is InChI=1S/C17H20N2O/c1-2-15-16-9-6-10-18(16)11-12-19(15)13-17(20)14-7-4-3-5-8-14/h3-10,15H,2,11-13H2,1H3. The van der Waals surface area contributed by atoms with E-state index in [0.29, 0.717) is 12.6 Å². The molecular formula is C17H20N2O. The molecule has 3 heteroatoms. The predicted octanol–water partition coefficient (Wildman–Crippen LogP) is 3.14. The van der Waals surface area contributed by atoms with Gasteiger partial charge in [-0.25, -0.2) is 0 Å². The second-order valence-electron chi connectivity index (χ2n) is 5.31. The van der Waals surface area contributed by atoms with Crippen LogP contribution in [0.1, 0.15) is 35.4 Å². The molecule has 1 unspecified atom stereocenters. The lowest BCUT2D eigenvalue weighted by molar-refractivity contribution is 0.0848. The molecule has 1 aromatic heterocycles. The zero-order chi connectivity index (χ0) is 13.9. The van der Waals surface area contributed by atoms with E-state index in [4.69, 9.17) is 0 Å². The van der Waals surface area contributed by atoms with E-state index in [9.17, 15) is 4.79 Å². The molecule has 1 aromatic carbocycles. The van der Waals surface area contributed by atoms with Gasteiger partial charge in [-0.15, -0.1) is 0 Å². The fourth-order valence-electron chi connectivity index (χ4n) is 3.07. The summed E-state index contributed by atoms with van der Waals surface area (Å²) in [6.07, 6.45) is 3.17. The maximum Gasteiger partial charge on any atom is 0.176 e. The van der Waals surface area contributed by atoms with Crippen molar-refractivity contribution in [1.29, 1.82) is 0 Å². The van der Waals surface area contributed by atoms with Crippen molar-refractivity contribution in [2.24, 2.45) is 0 Å². The summed E-state index contributed by atoms with van der Waals surface area (Å²) in [7, 11) is 0. The number of aromatic nitrogens is 1. The van der Waals surface area contributed by atoms with Crippen LogP contribution in [0, 0.1) is 0 Å². The smallest absolute Gasteiger partial charge is 0.176 e. The van der Waals surface area contributed by atoms with Crippen LogP contribution in [-0.2, 0) is 6.54 Å². The van der Waals surface area contributed by atoms with Gasteiger partial charge in [-0.2, -0.15) is 0 Å². The van der Waals surface area contributed by atoms with Gasteiger partial charge in [0.2, 0.25) is 0 Å². The number of hydrogen-bond acceptors (Lipinski definition) is 2. The Morgan fingerprint density at radius 3 is 2.70 bits per heavy atom. The molecule has 0 radical (unpaired) electrons. The molecule has 20 heavy (non-hydrogen) atoms. The van der Waals surface area contributed by atoms with Crippen molar-refractivity contribution in [2.75, 3.05) is 13.1 Å². The van der Waals surface area contributed by atoms with Crippen LogP contribution in [-0.4, -0.2) is 28.3 Å². The monoisotopic (exact) mass is 268 g/mol. The van der Waals surface area contributed by atoms with Gasteiger partial charge in [0.15, 0.2) is 5.78 Å². The third kappa shape index (κ3) is 2.41. The van der Waals surface area contributed by atoms with Gasteiger partial charge >= 0.3 is 0 Å². The zero-order valence-electron chi connectivity index (χ0n) is 11.8. The number of nitrogens with zero attached hydrogens (tertiary/aromatic N) is 2. The summed E-state index contributed by atoms with van der Waals surface area (Å²) >= 11 is 0. The van der Waals surface area contributed by atoms with Crippen molar-refractivity contribution in [1.82, 2.24) is 9.47 Å². The van der Waals surface area contributed by atoms with Gasteiger partial charge in [-0.3, -0.25) is 9.69 Å². The van der Waals surface area contributed by atoms with Crippen molar-refractivity contribution >= 4 is 5.78 Å². The van der Waals surface area contributed by atoms with Crippen molar-refractivity contribution in [2.45, 2.75) is 25.9 Å². The normalized spacial score (nSPS) is 18.8. The van der Waals surface area contributed by atoms with Crippen LogP contribution in [0.2, 0.25) is 0 Å². The van der Waals surface area contributed by atoms with Crippen LogP contribution in [0.5, 0.6) is 0 Å². The van der Waals surface area contributed by atoms with Gasteiger partial charge in [0.25, 0.3) is 0 Å². The van der Waals surface area contributed by atoms with E-state index in [1.807, 2.05) is 30.3 Å². The number of Topliss-reactive ketones (excluding diaryl/α,β-unsaturated/α-hetero) is 1. The van der Waals surface area contributed by atoms with Crippen molar-refractivity contribution in [3.05, 3.63) is 59.9 Å². The lowest BCUT2D eigenvalue weighted by Crippen LogP contribution is -2.40. The quantitative estimate of drug-likeness (QED) is 0.796. The molecule has 3 rings (SSSR count). The van der Waals surface area contributed by atoms with Crippen molar-refractivity contribution in [3.8, 4) is 0 Å². The molecule has 1 aliphatic rings. The summed E-state index contributed by atoms with van der Waals surface area (Å²) in [5.74, 6) is 0.212. The van der Waals surface area contributed by atoms with Crippen LogP contribution in [0.25, 0.3) is 0 Å². The van der Waals surface area contributed by atoms with Crippen LogP contribution >= 0.6 is 0 Å². The van der Waals surface area contributed by atoms with Gasteiger partial charge in [-0.05, 0) is 18.6 Å². The first-order chi connectivity index (χ1) is 9.79. The molecule has 104 valence electrons. The Hall–Kier alpha value is -1.87. The molecule has 2 aromatic rings. The number of rotatable bonds is 4. The van der Waals surface area contributed by atoms with Crippen LogP contribution < -0.4 is 0 Å². The second-order valence-corrected chi connectivity index (χ2v) is 5.31. The highest BCUT2D eigenvalue weighted by Gasteiger charge is 2.27. The SMILES string of the molecule is CCC1c2cccn2CCN1CC(=O)c1ccccc1. The van der Waals surface area contributed by atoms with E-state index < -0.39 is 0 Å². The fraction of sp³-hybridized carbons (Fsp3) is 0.353. The third-order valence-electron chi connectivity index (χ3n) is 4.10. The molecule has 0 bridgehead atoms. The minimum absolute atomic E-state index is 0.212. The van der Waals surface area contributed by atoms with E-state index in [-0.39, 0.29) is 5.78 Å². The van der Waals surface area contributed by atoms with E-state index in [0.717, 1.165) is 25.1 Å². The molecule has 0 saturated heterocycles. The van der Waals surface area contributed by atoms with Crippen molar-refractivity contribution in [3.63, 3.8) is 0 Å². The maximum absolute atomic E-state index is 12.4. The summed E-state index contributed by atoms with van der Waals surface area (Å²) in [6.45, 7) is 4.61. The number of carbonyl (C=O) groups excluding carboxylic acids is 1. The highest BCUT2D eigenvalue weighted by molar-refractivity contribution is 5.97. The van der Waals surface area contributed by atoms with Gasteiger partial charge in [0, 0.05) is 30.5 Å². The molecule has 0 aliphatic carbocycles. The van der Waals surface area contributed by atoms with Gasteiger partial charge in [0.1, 0.15) is 0 Å². The van der Waals surface area contributed by atoms with Gasteiger partial charge in [-0.1, -0.05) is 37.3 Å². The molecule has 1 atom stereocenters. The fourth-order valence-corrected chi connectivity index (χ4v) is 3.07. The average Bonchev–Trinajstić information content (AvgIpc) is 2.96. The average molecular weight is 268 g/mol. The second kappa shape index (κ2) is 5.63. The summed E-state index contributed by atoms with van der Waals surface area (Å²) < 4.78 is 2.30.